The highest BCUT2D eigenvalue weighted by Gasteiger charge is 2.04. The van der Waals surface area contributed by atoms with Gasteiger partial charge in [-0.2, -0.15) is 0 Å². The van der Waals surface area contributed by atoms with E-state index in [1.165, 1.54) is 24.9 Å². The van der Waals surface area contributed by atoms with Crippen LogP contribution in [0.25, 0.3) is 0 Å². The molecular weight excluding hydrogens is 122 g/mol. The van der Waals surface area contributed by atoms with Gasteiger partial charge in [0, 0.05) is 0 Å². The number of ether oxygens (including phenoxy) is 1. The molecule has 0 aromatic carbocycles. The summed E-state index contributed by atoms with van der Waals surface area (Å²) in [6.07, 6.45) is 4.16. The van der Waals surface area contributed by atoms with Gasteiger partial charge in [-0.15, -0.1) is 0 Å². The Morgan fingerprint density at radius 2 is 2.00 bits per heavy atom. The second kappa shape index (κ2) is 2.21. The molecule has 1 heterocycles. The van der Waals surface area contributed by atoms with E-state index in [4.69, 9.17) is 5.11 Å². The molecule has 1 rings (SSSR count). The zero-order chi connectivity index (χ0) is 6.69. The summed E-state index contributed by atoms with van der Waals surface area (Å²) in [6.45, 7) is 0. The summed E-state index contributed by atoms with van der Waals surface area (Å²) in [5, 5.41) is 8.31. The number of rotatable bonds is 0. The summed E-state index contributed by atoms with van der Waals surface area (Å²) in [4.78, 5) is 11.1. The molecule has 1 aliphatic rings. The van der Waals surface area contributed by atoms with Crippen molar-refractivity contribution in [1.82, 2.24) is 4.90 Å². The molecule has 4 nitrogen and oxygen atoms in total. The van der Waals surface area contributed by atoms with Gasteiger partial charge in [0.1, 0.15) is 12.5 Å². The van der Waals surface area contributed by atoms with Crippen molar-refractivity contribution >= 4 is 6.09 Å². The van der Waals surface area contributed by atoms with Crippen molar-refractivity contribution in [3.8, 4) is 0 Å². The summed E-state index contributed by atoms with van der Waals surface area (Å²) in [7, 11) is 0. The summed E-state index contributed by atoms with van der Waals surface area (Å²) < 4.78 is 4.58. The lowest BCUT2D eigenvalue weighted by Crippen LogP contribution is -2.18. The molecule has 0 unspecified atom stereocenters. The fourth-order valence-electron chi connectivity index (χ4n) is 0.424. The predicted octanol–water partition coefficient (Wildman–Crippen LogP) is 0.939. The largest absolute Gasteiger partial charge is 0.470 e. The van der Waals surface area contributed by atoms with Crippen molar-refractivity contribution in [1.29, 1.82) is 0 Å². The van der Waals surface area contributed by atoms with E-state index in [-0.39, 0.29) is 0 Å². The topological polar surface area (TPSA) is 49.8 Å². The lowest BCUT2D eigenvalue weighted by molar-refractivity contribution is 0.171. The van der Waals surface area contributed by atoms with Gasteiger partial charge < -0.3 is 9.84 Å². The van der Waals surface area contributed by atoms with E-state index in [1.807, 2.05) is 0 Å². The average Bonchev–Trinajstić information content (AvgIpc) is 1.90. The van der Waals surface area contributed by atoms with E-state index in [0.29, 0.717) is 0 Å². The predicted molar refractivity (Wildman–Crippen MR) is 29.2 cm³/mol. The Bertz CT molecular complexity index is 161. The number of hydrogen-bond donors (Lipinski definition) is 1. The lowest BCUT2D eigenvalue weighted by atomic mass is 10.7. The molecule has 0 aliphatic carbocycles. The molecule has 0 saturated heterocycles. The van der Waals surface area contributed by atoms with E-state index in [2.05, 4.69) is 4.74 Å². The monoisotopic (exact) mass is 127 g/mol. The Hall–Kier alpha value is -1.45. The highest BCUT2D eigenvalue weighted by atomic mass is 16.5. The Morgan fingerprint density at radius 3 is 2.33 bits per heavy atom. The molecule has 9 heavy (non-hydrogen) atoms. The van der Waals surface area contributed by atoms with Crippen molar-refractivity contribution in [3.05, 3.63) is 24.9 Å². The number of carbonyl (C=O) groups is 1. The minimum Gasteiger partial charge on any atom is -0.470 e. The van der Waals surface area contributed by atoms with Gasteiger partial charge in [0.15, 0.2) is 0 Å². The third-order valence-corrected chi connectivity index (χ3v) is 0.821. The van der Waals surface area contributed by atoms with E-state index in [9.17, 15) is 4.79 Å². The van der Waals surface area contributed by atoms with E-state index < -0.39 is 6.09 Å². The molecule has 0 atom stereocenters. The summed E-state index contributed by atoms with van der Waals surface area (Å²) in [5.41, 5.74) is 0. The normalized spacial score (nSPS) is 15.3. The summed E-state index contributed by atoms with van der Waals surface area (Å²) >= 11 is 0. The van der Waals surface area contributed by atoms with Crippen LogP contribution in [0, 0.1) is 0 Å². The lowest BCUT2D eigenvalue weighted by Gasteiger charge is -2.09. The summed E-state index contributed by atoms with van der Waals surface area (Å²) in [5.74, 6) is 0. The van der Waals surface area contributed by atoms with Crippen LogP contribution in [0.3, 0.4) is 0 Å². The SMILES string of the molecule is O=C(O)N1C=COC=C1. The van der Waals surface area contributed by atoms with Gasteiger partial charge >= 0.3 is 6.09 Å². The molecular formula is C5H5NO3. The van der Waals surface area contributed by atoms with E-state index in [0.717, 1.165) is 4.90 Å². The molecule has 1 N–H and O–H groups in total. The molecule has 0 fully saturated rings. The van der Waals surface area contributed by atoms with Gasteiger partial charge in [-0.25, -0.2) is 4.79 Å². The number of nitrogens with zero attached hydrogens (tertiary/aromatic N) is 1. The molecule has 0 radical (unpaired) electrons. The van der Waals surface area contributed by atoms with Crippen LogP contribution in [-0.4, -0.2) is 16.1 Å². The van der Waals surface area contributed by atoms with Crippen LogP contribution in [0.2, 0.25) is 0 Å². The van der Waals surface area contributed by atoms with Crippen LogP contribution in [0.4, 0.5) is 4.79 Å². The van der Waals surface area contributed by atoms with Crippen LogP contribution in [-0.2, 0) is 4.74 Å². The van der Waals surface area contributed by atoms with Crippen molar-refractivity contribution in [3.63, 3.8) is 0 Å². The highest BCUT2D eigenvalue weighted by molar-refractivity contribution is 5.67. The molecule has 0 aromatic rings. The standard InChI is InChI=1S/C5H5NO3/c7-5(8)6-1-3-9-4-2-6/h1-4H,(H,7,8). The van der Waals surface area contributed by atoms with Gasteiger partial charge in [-0.05, 0) is 0 Å². The minimum absolute atomic E-state index is 0.990. The molecule has 1 amide bonds. The maximum atomic E-state index is 10.1. The Morgan fingerprint density at radius 1 is 1.44 bits per heavy atom. The summed E-state index contributed by atoms with van der Waals surface area (Å²) in [6, 6.07) is 0. The first kappa shape index (κ1) is 5.68. The van der Waals surface area contributed by atoms with Crippen molar-refractivity contribution in [2.75, 3.05) is 0 Å². The zero-order valence-electron chi connectivity index (χ0n) is 4.52. The molecule has 0 saturated carbocycles. The van der Waals surface area contributed by atoms with Crippen molar-refractivity contribution in [2.24, 2.45) is 0 Å². The smallest absolute Gasteiger partial charge is 0.415 e. The fourth-order valence-corrected chi connectivity index (χ4v) is 0.424. The number of carboxylic acid groups (broad SMARTS) is 1. The van der Waals surface area contributed by atoms with Crippen molar-refractivity contribution < 1.29 is 14.6 Å². The third-order valence-electron chi connectivity index (χ3n) is 0.821. The van der Waals surface area contributed by atoms with Crippen LogP contribution in [0.15, 0.2) is 24.9 Å². The molecule has 0 bridgehead atoms. The maximum Gasteiger partial charge on any atom is 0.415 e. The van der Waals surface area contributed by atoms with Crippen LogP contribution < -0.4 is 0 Å². The highest BCUT2D eigenvalue weighted by Crippen LogP contribution is 1.98. The van der Waals surface area contributed by atoms with Gasteiger partial charge in [-0.3, -0.25) is 4.90 Å². The average molecular weight is 127 g/mol. The molecule has 0 spiro atoms. The van der Waals surface area contributed by atoms with Gasteiger partial charge in [0.05, 0.1) is 12.4 Å². The fraction of sp³-hybridized carbons (Fsp3) is 0. The Labute approximate surface area is 51.6 Å². The van der Waals surface area contributed by atoms with E-state index >= 15 is 0 Å². The van der Waals surface area contributed by atoms with Gasteiger partial charge in [0.25, 0.3) is 0 Å². The van der Waals surface area contributed by atoms with Crippen LogP contribution >= 0.6 is 0 Å². The number of amides is 1. The maximum absolute atomic E-state index is 10.1. The van der Waals surface area contributed by atoms with Crippen LogP contribution in [0.1, 0.15) is 0 Å². The zero-order valence-corrected chi connectivity index (χ0v) is 4.52. The second-order valence-corrected chi connectivity index (χ2v) is 1.40. The first-order chi connectivity index (χ1) is 4.30. The molecule has 4 heteroatoms. The second-order valence-electron chi connectivity index (χ2n) is 1.40. The van der Waals surface area contributed by atoms with Crippen LogP contribution in [0.5, 0.6) is 0 Å². The Kier molecular flexibility index (Phi) is 1.40. The van der Waals surface area contributed by atoms with Gasteiger partial charge in [0.2, 0.25) is 0 Å². The first-order valence-electron chi connectivity index (χ1n) is 2.31. The Balaban J connectivity index is 2.60. The molecule has 1 aliphatic heterocycles. The third kappa shape index (κ3) is 1.22. The van der Waals surface area contributed by atoms with Crippen molar-refractivity contribution in [2.45, 2.75) is 0 Å². The molecule has 48 valence electrons. The number of hydrogen-bond acceptors (Lipinski definition) is 2. The quantitative estimate of drug-likeness (QED) is 0.526. The first-order valence-corrected chi connectivity index (χ1v) is 2.31. The van der Waals surface area contributed by atoms with E-state index in [1.54, 1.807) is 0 Å². The molecule has 0 aromatic heterocycles. The minimum atomic E-state index is -1.02. The van der Waals surface area contributed by atoms with Gasteiger partial charge in [-0.1, -0.05) is 0 Å².